The van der Waals surface area contributed by atoms with Gasteiger partial charge in [-0.2, -0.15) is 4.98 Å². The standard InChI is InChI=1S/C18H24N4O/c1-12-8-13(2)10-15(9-12)23-18-16(19)17(20-11-21-18)22-14-6-4-3-5-7-14/h8-11,14H,3-7,19H2,1-2H3,(H,20,21,22). The maximum absolute atomic E-state index is 6.21. The van der Waals surface area contributed by atoms with Gasteiger partial charge in [-0.3, -0.25) is 0 Å². The molecule has 0 saturated heterocycles. The first-order valence-electron chi connectivity index (χ1n) is 8.25. The van der Waals surface area contributed by atoms with Crippen molar-refractivity contribution in [2.75, 3.05) is 11.1 Å². The second-order valence-electron chi connectivity index (χ2n) is 6.35. The Morgan fingerprint density at radius 3 is 2.43 bits per heavy atom. The number of aromatic nitrogens is 2. The SMILES string of the molecule is Cc1cc(C)cc(Oc2ncnc(NC3CCCCC3)c2N)c1. The molecule has 0 radical (unpaired) electrons. The van der Waals surface area contributed by atoms with Gasteiger partial charge >= 0.3 is 0 Å². The number of ether oxygens (including phenoxy) is 1. The highest BCUT2D eigenvalue weighted by molar-refractivity contribution is 5.67. The van der Waals surface area contributed by atoms with Crippen LogP contribution in [0.25, 0.3) is 0 Å². The van der Waals surface area contributed by atoms with Gasteiger partial charge in [0.1, 0.15) is 17.8 Å². The zero-order valence-electron chi connectivity index (χ0n) is 13.8. The van der Waals surface area contributed by atoms with E-state index in [9.17, 15) is 0 Å². The van der Waals surface area contributed by atoms with Crippen LogP contribution < -0.4 is 15.8 Å². The highest BCUT2D eigenvalue weighted by Gasteiger charge is 2.17. The average Bonchev–Trinajstić information content (AvgIpc) is 2.51. The fourth-order valence-electron chi connectivity index (χ4n) is 3.12. The summed E-state index contributed by atoms with van der Waals surface area (Å²) in [5, 5.41) is 3.44. The Morgan fingerprint density at radius 1 is 1.04 bits per heavy atom. The first-order chi connectivity index (χ1) is 11.1. The Kier molecular flexibility index (Phi) is 4.65. The number of nitrogen functional groups attached to an aromatic ring is 1. The Balaban J connectivity index is 1.78. The monoisotopic (exact) mass is 312 g/mol. The van der Waals surface area contributed by atoms with Crippen molar-refractivity contribution in [1.29, 1.82) is 0 Å². The van der Waals surface area contributed by atoms with Crippen LogP contribution in [0.15, 0.2) is 24.5 Å². The fourth-order valence-corrected chi connectivity index (χ4v) is 3.12. The predicted molar refractivity (Wildman–Crippen MR) is 92.9 cm³/mol. The number of hydrogen-bond donors (Lipinski definition) is 2. The van der Waals surface area contributed by atoms with E-state index in [-0.39, 0.29) is 0 Å². The Hall–Kier alpha value is -2.30. The van der Waals surface area contributed by atoms with Crippen LogP contribution >= 0.6 is 0 Å². The molecule has 1 heterocycles. The number of benzene rings is 1. The highest BCUT2D eigenvalue weighted by Crippen LogP contribution is 2.31. The molecule has 1 aromatic carbocycles. The summed E-state index contributed by atoms with van der Waals surface area (Å²) in [6.45, 7) is 4.08. The van der Waals surface area contributed by atoms with Crippen molar-refractivity contribution in [1.82, 2.24) is 9.97 Å². The Morgan fingerprint density at radius 2 is 1.74 bits per heavy atom. The Bertz CT molecular complexity index is 660. The molecule has 1 aromatic heterocycles. The largest absolute Gasteiger partial charge is 0.437 e. The van der Waals surface area contributed by atoms with Gasteiger partial charge in [0, 0.05) is 6.04 Å². The van der Waals surface area contributed by atoms with E-state index >= 15 is 0 Å². The number of rotatable bonds is 4. The number of nitrogens with one attached hydrogen (secondary N) is 1. The maximum Gasteiger partial charge on any atom is 0.248 e. The van der Waals surface area contributed by atoms with E-state index in [2.05, 4.69) is 21.4 Å². The van der Waals surface area contributed by atoms with E-state index in [1.54, 1.807) is 0 Å². The lowest BCUT2D eigenvalue weighted by Crippen LogP contribution is -2.23. The van der Waals surface area contributed by atoms with Crippen LogP contribution in [-0.2, 0) is 0 Å². The lowest BCUT2D eigenvalue weighted by atomic mass is 9.95. The minimum atomic E-state index is 0.406. The number of nitrogens with zero attached hydrogens (tertiary/aromatic N) is 2. The summed E-state index contributed by atoms with van der Waals surface area (Å²) in [5.74, 6) is 1.83. The number of aryl methyl sites for hydroxylation is 2. The molecule has 0 bridgehead atoms. The van der Waals surface area contributed by atoms with Crippen molar-refractivity contribution >= 4 is 11.5 Å². The molecular formula is C18H24N4O. The van der Waals surface area contributed by atoms with Gasteiger partial charge in [-0.15, -0.1) is 0 Å². The van der Waals surface area contributed by atoms with Crippen LogP contribution in [0.2, 0.25) is 0 Å². The van der Waals surface area contributed by atoms with Gasteiger partial charge < -0.3 is 15.8 Å². The summed E-state index contributed by atoms with van der Waals surface area (Å²) >= 11 is 0. The van der Waals surface area contributed by atoms with E-state index in [1.807, 2.05) is 26.0 Å². The van der Waals surface area contributed by atoms with Crippen molar-refractivity contribution in [3.8, 4) is 11.6 Å². The molecule has 3 N–H and O–H groups in total. The predicted octanol–water partition coefficient (Wildman–Crippen LogP) is 4.21. The molecular weight excluding hydrogens is 288 g/mol. The molecule has 2 aromatic rings. The van der Waals surface area contributed by atoms with Gasteiger partial charge in [0.25, 0.3) is 0 Å². The molecule has 0 aliphatic heterocycles. The summed E-state index contributed by atoms with van der Waals surface area (Å²) in [7, 11) is 0. The number of anilines is 2. The zero-order valence-corrected chi connectivity index (χ0v) is 13.8. The average molecular weight is 312 g/mol. The molecule has 0 atom stereocenters. The molecule has 1 aliphatic rings. The number of nitrogens with two attached hydrogens (primary N) is 1. The van der Waals surface area contributed by atoms with Crippen molar-refractivity contribution in [3.63, 3.8) is 0 Å². The van der Waals surface area contributed by atoms with Crippen molar-refractivity contribution in [3.05, 3.63) is 35.7 Å². The van der Waals surface area contributed by atoms with Gasteiger partial charge in [-0.25, -0.2) is 4.98 Å². The molecule has 122 valence electrons. The van der Waals surface area contributed by atoms with Crippen molar-refractivity contribution < 1.29 is 4.74 Å². The van der Waals surface area contributed by atoms with E-state index in [0.29, 0.717) is 23.4 Å². The van der Waals surface area contributed by atoms with Crippen LogP contribution in [0, 0.1) is 13.8 Å². The van der Waals surface area contributed by atoms with Gasteiger partial charge in [0.15, 0.2) is 5.82 Å². The quantitative estimate of drug-likeness (QED) is 0.884. The van der Waals surface area contributed by atoms with Gasteiger partial charge in [0.2, 0.25) is 5.88 Å². The lowest BCUT2D eigenvalue weighted by molar-refractivity contribution is 0.457. The first-order valence-corrected chi connectivity index (χ1v) is 8.25. The van der Waals surface area contributed by atoms with Crippen molar-refractivity contribution in [2.24, 2.45) is 0 Å². The fraction of sp³-hybridized carbons (Fsp3) is 0.444. The summed E-state index contributed by atoms with van der Waals surface area (Å²) < 4.78 is 5.88. The molecule has 3 rings (SSSR count). The van der Waals surface area contributed by atoms with E-state index < -0.39 is 0 Å². The first kappa shape index (κ1) is 15.6. The lowest BCUT2D eigenvalue weighted by Gasteiger charge is -2.24. The third kappa shape index (κ3) is 3.92. The van der Waals surface area contributed by atoms with Gasteiger partial charge in [-0.1, -0.05) is 25.3 Å². The molecule has 23 heavy (non-hydrogen) atoms. The third-order valence-corrected chi connectivity index (χ3v) is 4.20. The van der Waals surface area contributed by atoms with E-state index in [4.69, 9.17) is 10.5 Å². The molecule has 5 nitrogen and oxygen atoms in total. The molecule has 0 spiro atoms. The van der Waals surface area contributed by atoms with Crippen LogP contribution in [0.3, 0.4) is 0 Å². The highest BCUT2D eigenvalue weighted by atomic mass is 16.5. The summed E-state index contributed by atoms with van der Waals surface area (Å²) in [4.78, 5) is 8.47. The van der Waals surface area contributed by atoms with E-state index in [1.165, 1.54) is 25.6 Å². The molecule has 0 unspecified atom stereocenters. The van der Waals surface area contributed by atoms with Crippen LogP contribution in [0.4, 0.5) is 11.5 Å². The van der Waals surface area contributed by atoms with Crippen LogP contribution in [-0.4, -0.2) is 16.0 Å². The summed E-state index contributed by atoms with van der Waals surface area (Å²) in [6, 6.07) is 6.49. The molecule has 1 fully saturated rings. The number of hydrogen-bond acceptors (Lipinski definition) is 5. The van der Waals surface area contributed by atoms with Crippen molar-refractivity contribution in [2.45, 2.75) is 52.0 Å². The normalized spacial score (nSPS) is 15.4. The maximum atomic E-state index is 6.21. The topological polar surface area (TPSA) is 73.1 Å². The summed E-state index contributed by atoms with van der Waals surface area (Å²) in [5.41, 5.74) is 8.97. The Labute approximate surface area is 137 Å². The molecule has 5 heteroatoms. The smallest absolute Gasteiger partial charge is 0.248 e. The second kappa shape index (κ2) is 6.86. The van der Waals surface area contributed by atoms with Crippen LogP contribution in [0.5, 0.6) is 11.6 Å². The molecule has 1 aliphatic carbocycles. The van der Waals surface area contributed by atoms with Gasteiger partial charge in [-0.05, 0) is 49.9 Å². The molecule has 0 amide bonds. The second-order valence-corrected chi connectivity index (χ2v) is 6.35. The zero-order chi connectivity index (χ0) is 16.2. The summed E-state index contributed by atoms with van der Waals surface area (Å²) in [6.07, 6.45) is 7.66. The molecule has 1 saturated carbocycles. The third-order valence-electron chi connectivity index (χ3n) is 4.20. The minimum absolute atomic E-state index is 0.406. The van der Waals surface area contributed by atoms with E-state index in [0.717, 1.165) is 29.7 Å². The van der Waals surface area contributed by atoms with Crippen LogP contribution in [0.1, 0.15) is 43.2 Å². The minimum Gasteiger partial charge on any atom is -0.437 e. The van der Waals surface area contributed by atoms with Gasteiger partial charge in [0.05, 0.1) is 0 Å².